The lowest BCUT2D eigenvalue weighted by molar-refractivity contribution is -0.143. The molecule has 4 aromatic carbocycles. The van der Waals surface area contributed by atoms with Crippen molar-refractivity contribution >= 4 is 19.3 Å². The molecule has 1 atom stereocenters. The molecule has 1 saturated heterocycles. The van der Waals surface area contributed by atoms with Gasteiger partial charge in [-0.1, -0.05) is 117 Å². The fourth-order valence-electron chi connectivity index (χ4n) is 5.56. The van der Waals surface area contributed by atoms with Crippen LogP contribution in [0, 0.1) is 0 Å². The van der Waals surface area contributed by atoms with Crippen LogP contribution in [0.2, 0.25) is 0 Å². The molecule has 1 fully saturated rings. The van der Waals surface area contributed by atoms with Crippen molar-refractivity contribution in [2.75, 3.05) is 6.16 Å². The highest BCUT2D eigenvalue weighted by atomic mass is 31.1. The predicted molar refractivity (Wildman–Crippen MR) is 145 cm³/mol. The number of hydrogen-bond acceptors (Lipinski definition) is 0. The summed E-state index contributed by atoms with van der Waals surface area (Å²) in [5.74, 6) is 0. The summed E-state index contributed by atoms with van der Waals surface area (Å²) in [6, 6.07) is 31.4. The van der Waals surface area contributed by atoms with Crippen LogP contribution in [0.15, 0.2) is 115 Å². The summed E-state index contributed by atoms with van der Waals surface area (Å²) in [5, 5.41) is 0.359. The fraction of sp³-hybridized carbons (Fsp3) is 0.188. The van der Waals surface area contributed by atoms with Gasteiger partial charge in [-0.2, -0.15) is 26.3 Å². The van der Waals surface area contributed by atoms with Crippen LogP contribution >= 0.6 is 7.92 Å². The third-order valence-corrected chi connectivity index (χ3v) is 10.5. The van der Waals surface area contributed by atoms with E-state index in [9.17, 15) is 26.3 Å². The van der Waals surface area contributed by atoms with Crippen molar-refractivity contribution < 1.29 is 26.3 Å². The maximum Gasteiger partial charge on any atom is 0.417 e. The first-order chi connectivity index (χ1) is 18.6. The summed E-state index contributed by atoms with van der Waals surface area (Å²) in [5.41, 5.74) is -0.174. The molecule has 0 bridgehead atoms. The summed E-state index contributed by atoms with van der Waals surface area (Å²) in [6.45, 7) is 0. The highest BCUT2D eigenvalue weighted by Crippen LogP contribution is 2.66. The lowest BCUT2D eigenvalue weighted by atomic mass is 9.80. The average molecular weight is 555 g/mol. The van der Waals surface area contributed by atoms with Gasteiger partial charge >= 0.3 is 12.4 Å². The first kappa shape index (κ1) is 27.2. The molecule has 4 aromatic rings. The predicted octanol–water partition coefficient (Wildman–Crippen LogP) is 9.65. The van der Waals surface area contributed by atoms with Crippen molar-refractivity contribution in [1.82, 2.24) is 0 Å². The number of benzene rings is 4. The molecule has 1 aliphatic heterocycles. The number of allylic oxidation sites excluding steroid dienone is 1. The second-order valence-corrected chi connectivity index (χ2v) is 12.0. The van der Waals surface area contributed by atoms with Gasteiger partial charge in [-0.15, -0.1) is 0 Å². The molecule has 5 rings (SSSR count). The number of alkyl halides is 6. The van der Waals surface area contributed by atoms with Gasteiger partial charge < -0.3 is 0 Å². The van der Waals surface area contributed by atoms with Crippen molar-refractivity contribution in [2.24, 2.45) is 0 Å². The van der Waals surface area contributed by atoms with Crippen LogP contribution < -0.4 is 5.30 Å². The van der Waals surface area contributed by atoms with E-state index in [0.29, 0.717) is 6.42 Å². The third-order valence-electron chi connectivity index (χ3n) is 7.16. The summed E-state index contributed by atoms with van der Waals surface area (Å²) in [4.78, 5) is 0. The van der Waals surface area contributed by atoms with Gasteiger partial charge in [0.25, 0.3) is 0 Å². The molecule has 1 heterocycles. The number of halogens is 6. The van der Waals surface area contributed by atoms with Gasteiger partial charge in [0.05, 0.1) is 16.3 Å². The van der Waals surface area contributed by atoms with Gasteiger partial charge in [0.1, 0.15) is 0 Å². The Labute approximate surface area is 224 Å². The quantitative estimate of drug-likeness (QED) is 0.174. The molecule has 0 spiro atoms. The van der Waals surface area contributed by atoms with E-state index in [1.54, 1.807) is 0 Å². The lowest BCUT2D eigenvalue weighted by Gasteiger charge is -2.48. The van der Waals surface area contributed by atoms with E-state index >= 15 is 0 Å². The van der Waals surface area contributed by atoms with Crippen molar-refractivity contribution in [1.29, 1.82) is 0 Å². The molecule has 39 heavy (non-hydrogen) atoms. The second-order valence-electron chi connectivity index (χ2n) is 9.50. The largest absolute Gasteiger partial charge is 0.417 e. The molecular formula is C32H25F6P. The molecule has 0 nitrogen and oxygen atoms in total. The highest BCUT2D eigenvalue weighted by molar-refractivity contribution is 7.67. The van der Waals surface area contributed by atoms with Gasteiger partial charge in [0.2, 0.25) is 0 Å². The van der Waals surface area contributed by atoms with Crippen LogP contribution in [-0.4, -0.2) is 6.16 Å². The van der Waals surface area contributed by atoms with Crippen LogP contribution in [0.1, 0.15) is 40.7 Å². The monoisotopic (exact) mass is 554 g/mol. The van der Waals surface area contributed by atoms with Crippen molar-refractivity contribution in [3.63, 3.8) is 0 Å². The van der Waals surface area contributed by atoms with Gasteiger partial charge in [-0.05, 0) is 53.1 Å². The Bertz CT molecular complexity index is 1400. The highest BCUT2D eigenvalue weighted by Gasteiger charge is 2.48. The van der Waals surface area contributed by atoms with Crippen molar-refractivity contribution in [2.45, 2.75) is 30.4 Å². The molecule has 0 N–H and O–H groups in total. The first-order valence-corrected chi connectivity index (χ1v) is 14.1. The van der Waals surface area contributed by atoms with E-state index in [2.05, 4.69) is 12.1 Å². The minimum absolute atomic E-state index is 0.224. The summed E-state index contributed by atoms with van der Waals surface area (Å²) in [7, 11) is -0.995. The van der Waals surface area contributed by atoms with Gasteiger partial charge in [0, 0.05) is 0 Å². The zero-order valence-electron chi connectivity index (χ0n) is 20.8. The van der Waals surface area contributed by atoms with E-state index < -0.39 is 36.6 Å². The Morgan fingerprint density at radius 1 is 0.641 bits per heavy atom. The SMILES string of the molecule is FC(F)(F)c1ccc(C=C2CCCP(c3ccccc3)C2(c2ccccc2)c2ccccc2)c(C(F)(F)F)c1. The zero-order chi connectivity index (χ0) is 27.7. The Hall–Kier alpha value is -3.37. The normalized spacial score (nSPS) is 18.7. The standard InChI is InChI=1S/C32H25F6P/c33-31(34,35)27-19-18-23(29(22-27)32(36,37)38)21-26-15-10-20-39(28-16-8-3-9-17-28)30(26,24-11-4-1-5-12-24)25-13-6-2-7-14-25/h1-9,11-14,16-19,21-22H,10,15,20H2. The summed E-state index contributed by atoms with van der Waals surface area (Å²) < 4.78 is 82.6. The molecule has 7 heteroatoms. The minimum atomic E-state index is -4.95. The molecular weight excluding hydrogens is 529 g/mol. The van der Waals surface area contributed by atoms with E-state index in [1.165, 1.54) is 6.08 Å². The summed E-state index contributed by atoms with van der Waals surface area (Å²) in [6.07, 6.45) is -6.19. The molecule has 200 valence electrons. The first-order valence-electron chi connectivity index (χ1n) is 12.5. The molecule has 0 amide bonds. The zero-order valence-corrected chi connectivity index (χ0v) is 21.7. The van der Waals surface area contributed by atoms with Gasteiger partial charge in [-0.25, -0.2) is 0 Å². The van der Waals surface area contributed by atoms with Crippen molar-refractivity contribution in [3.8, 4) is 0 Å². The van der Waals surface area contributed by atoms with E-state index in [-0.39, 0.29) is 11.6 Å². The van der Waals surface area contributed by atoms with Gasteiger partial charge in [-0.3, -0.25) is 0 Å². The third kappa shape index (κ3) is 5.27. The maximum absolute atomic E-state index is 14.2. The molecule has 0 aliphatic carbocycles. The average Bonchev–Trinajstić information content (AvgIpc) is 2.93. The summed E-state index contributed by atoms with van der Waals surface area (Å²) >= 11 is 0. The molecule has 1 aliphatic rings. The van der Waals surface area contributed by atoms with E-state index in [0.717, 1.165) is 46.7 Å². The van der Waals surface area contributed by atoms with Gasteiger partial charge in [0.15, 0.2) is 0 Å². The molecule has 0 radical (unpaired) electrons. The van der Waals surface area contributed by atoms with Crippen molar-refractivity contribution in [3.05, 3.63) is 143 Å². The van der Waals surface area contributed by atoms with Crippen LogP contribution in [0.5, 0.6) is 0 Å². The second kappa shape index (κ2) is 10.7. The van der Waals surface area contributed by atoms with E-state index in [4.69, 9.17) is 0 Å². The molecule has 1 unspecified atom stereocenters. The molecule has 0 saturated carbocycles. The van der Waals surface area contributed by atoms with Crippen LogP contribution in [-0.2, 0) is 17.5 Å². The lowest BCUT2D eigenvalue weighted by Crippen LogP contribution is -2.36. The van der Waals surface area contributed by atoms with Crippen LogP contribution in [0.25, 0.3) is 6.08 Å². The van der Waals surface area contributed by atoms with Crippen LogP contribution in [0.4, 0.5) is 26.3 Å². The van der Waals surface area contributed by atoms with Crippen LogP contribution in [0.3, 0.4) is 0 Å². The molecule has 0 aromatic heterocycles. The topological polar surface area (TPSA) is 0 Å². The minimum Gasteiger partial charge on any atom is -0.166 e. The number of rotatable bonds is 4. The Morgan fingerprint density at radius 2 is 1.18 bits per heavy atom. The Kier molecular flexibility index (Phi) is 7.43. The fourth-order valence-corrected chi connectivity index (χ4v) is 8.99. The Balaban J connectivity index is 1.83. The number of hydrogen-bond donors (Lipinski definition) is 0. The Morgan fingerprint density at radius 3 is 1.69 bits per heavy atom. The maximum atomic E-state index is 14.2. The smallest absolute Gasteiger partial charge is 0.166 e. The van der Waals surface area contributed by atoms with E-state index in [1.807, 2.05) is 78.9 Å².